The summed E-state index contributed by atoms with van der Waals surface area (Å²) in [4.78, 5) is 5.04. The van der Waals surface area contributed by atoms with Crippen molar-refractivity contribution < 1.29 is 9.47 Å². The highest BCUT2D eigenvalue weighted by molar-refractivity contribution is 7.22. The third-order valence-electron chi connectivity index (χ3n) is 24.7. The van der Waals surface area contributed by atoms with Gasteiger partial charge < -0.3 is 19.3 Å². The number of benzene rings is 14. The summed E-state index contributed by atoms with van der Waals surface area (Å²) >= 11 is 0. The highest BCUT2D eigenvalue weighted by Crippen LogP contribution is 2.48. The summed E-state index contributed by atoms with van der Waals surface area (Å²) in [5.41, 5.74) is 27.1. The molecule has 0 aliphatic carbocycles. The molecule has 4 aliphatic rings. The molecule has 0 spiro atoms. The fourth-order valence-electron chi connectivity index (χ4n) is 19.4. The first-order valence-electron chi connectivity index (χ1n) is 41.2. The van der Waals surface area contributed by atoms with Gasteiger partial charge in [-0.3, -0.25) is 0 Å². The fraction of sp³-hybridized carbons (Fsp3) is 0.229. The van der Waals surface area contributed by atoms with Crippen molar-refractivity contribution in [1.29, 1.82) is 0 Å². The third kappa shape index (κ3) is 14.1. The van der Waals surface area contributed by atoms with Gasteiger partial charge in [0.25, 0.3) is 13.4 Å². The number of para-hydroxylation sites is 5. The fourth-order valence-corrected chi connectivity index (χ4v) is 29.9. The van der Waals surface area contributed by atoms with Gasteiger partial charge in [0, 0.05) is 22.7 Å². The minimum absolute atomic E-state index is 0. The maximum Gasteiger partial charge on any atom is 0.251 e. The summed E-state index contributed by atoms with van der Waals surface area (Å²) in [7, 11) is -5.59. The molecule has 0 atom stereocenters. The van der Waals surface area contributed by atoms with E-state index in [2.05, 4.69) is 423 Å². The maximum absolute atomic E-state index is 7.24. The van der Waals surface area contributed by atoms with E-state index in [0.717, 1.165) is 34.4 Å². The van der Waals surface area contributed by atoms with E-state index >= 15 is 0 Å². The lowest BCUT2D eigenvalue weighted by molar-refractivity contribution is 0.488. The van der Waals surface area contributed by atoms with Crippen LogP contribution in [0, 0.1) is 20.8 Å². The van der Waals surface area contributed by atoms with Crippen molar-refractivity contribution in [3.05, 3.63) is 359 Å². The standard InChI is InChI=1S/C53H52BNOSi.C52H50BNOSi.4CH4/c1-34(2)39-32-42(35(3)4)52(43(33-39)36(5)6)54-44-22-15-16-25-49(44)56-53-45(54)23-17-24-48(53)55-46-28-26-37(7)30-50(46)57(40-18-11-9-12-19-40,41-20-13-10-14-21-41)51-31-38(8)27-29-47(51)55;1-34(2)38-32-41(35(3)4)51(42(33-38)36(5)6)53-43-23-14-16-27-48(43)55-52-44(53)24-18-26-47(52)54-45-25-15-17-28-49(45)56(39-19-10-8-11-20-39,40-21-12-9-13-22-40)50-31-37(7)29-30-46(50)54;;;;/h9-36H,1-8H3;8-36H,1-7H3;4*1H4. The summed E-state index contributed by atoms with van der Waals surface area (Å²) in [6.07, 6.45) is 0. The molecule has 4 nitrogen and oxygen atoms in total. The molecule has 0 aromatic heterocycles. The van der Waals surface area contributed by atoms with E-state index < -0.39 is 16.1 Å². The van der Waals surface area contributed by atoms with E-state index in [0.29, 0.717) is 35.5 Å². The minimum atomic E-state index is -2.81. The van der Waals surface area contributed by atoms with Gasteiger partial charge >= 0.3 is 0 Å². The van der Waals surface area contributed by atoms with Crippen LogP contribution < -0.4 is 93.5 Å². The zero-order chi connectivity index (χ0) is 78.3. The first-order chi connectivity index (χ1) is 54.8. The van der Waals surface area contributed by atoms with Crippen molar-refractivity contribution in [2.75, 3.05) is 9.80 Å². The van der Waals surface area contributed by atoms with Crippen LogP contribution in [0.15, 0.2) is 309 Å². The molecule has 4 heterocycles. The van der Waals surface area contributed by atoms with Crippen LogP contribution in [0.2, 0.25) is 0 Å². The number of nitrogens with zero attached hydrogens (tertiary/aromatic N) is 2. The molecule has 117 heavy (non-hydrogen) atoms. The van der Waals surface area contributed by atoms with Gasteiger partial charge in [0.15, 0.2) is 16.1 Å². The average Bonchev–Trinajstić information content (AvgIpc) is 0.702. The van der Waals surface area contributed by atoms with Crippen LogP contribution in [0.25, 0.3) is 0 Å². The van der Waals surface area contributed by atoms with Gasteiger partial charge in [0.05, 0.1) is 11.4 Å². The Bertz CT molecular complexity index is 5740. The molecule has 0 radical (unpaired) electrons. The Morgan fingerprint density at radius 2 is 0.513 bits per heavy atom. The van der Waals surface area contributed by atoms with Crippen molar-refractivity contribution in [2.45, 2.75) is 169 Å². The first kappa shape index (κ1) is 83.8. The highest BCUT2D eigenvalue weighted by atomic mass is 28.3. The summed E-state index contributed by atoms with van der Waals surface area (Å²) in [5, 5.41) is 11.1. The van der Waals surface area contributed by atoms with Crippen LogP contribution in [0.3, 0.4) is 0 Å². The number of rotatable bonds is 14. The second kappa shape index (κ2) is 33.8. The van der Waals surface area contributed by atoms with Gasteiger partial charge in [0.2, 0.25) is 0 Å². The number of ether oxygens (including phenoxy) is 2. The second-order valence-corrected chi connectivity index (χ2v) is 41.4. The number of aryl methyl sites for hydroxylation is 3. The Balaban J connectivity index is 0.000000196. The average molecular weight is 1570 g/mol. The molecule has 0 saturated carbocycles. The zero-order valence-corrected chi connectivity index (χ0v) is 70.3. The van der Waals surface area contributed by atoms with Gasteiger partial charge in [-0.15, -0.1) is 0 Å². The zero-order valence-electron chi connectivity index (χ0n) is 68.3. The van der Waals surface area contributed by atoms with Gasteiger partial charge in [0.1, 0.15) is 23.0 Å². The van der Waals surface area contributed by atoms with Crippen LogP contribution in [0.5, 0.6) is 23.0 Å². The molecule has 14 aromatic carbocycles. The Hall–Kier alpha value is -11.2. The predicted octanol–water partition coefficient (Wildman–Crippen LogP) is 21.1. The smallest absolute Gasteiger partial charge is 0.251 e. The topological polar surface area (TPSA) is 24.9 Å². The molecule has 590 valence electrons. The minimum Gasteiger partial charge on any atom is -0.456 e. The van der Waals surface area contributed by atoms with E-state index in [9.17, 15) is 0 Å². The summed E-state index contributed by atoms with van der Waals surface area (Å²) in [5.74, 6) is 6.08. The molecule has 4 aliphatic heterocycles. The van der Waals surface area contributed by atoms with Crippen LogP contribution in [0.4, 0.5) is 34.1 Å². The van der Waals surface area contributed by atoms with E-state index in [4.69, 9.17) is 9.47 Å². The Morgan fingerprint density at radius 3 is 0.829 bits per heavy atom. The van der Waals surface area contributed by atoms with Crippen molar-refractivity contribution in [1.82, 2.24) is 0 Å². The molecular weight excluding hydrogens is 1450 g/mol. The molecule has 0 unspecified atom stereocenters. The molecule has 0 N–H and O–H groups in total. The van der Waals surface area contributed by atoms with Gasteiger partial charge in [-0.25, -0.2) is 0 Å². The van der Waals surface area contributed by atoms with E-state index in [1.54, 1.807) is 0 Å². The predicted molar refractivity (Wildman–Crippen MR) is 517 cm³/mol. The monoisotopic (exact) mass is 1560 g/mol. The number of anilines is 6. The highest BCUT2D eigenvalue weighted by Gasteiger charge is 2.52. The SMILES string of the molecule is C.C.C.C.Cc1ccc2c(c1)[Si](c1ccccc1)(c1ccccc1)c1cc(C)ccc1N2c1cccc2c1Oc1ccccc1B2c1c(C(C)C)cc(C(C)C)cc1C(C)C.Cc1ccc2c(c1)[Si](c1ccccc1)(c1ccccc1)c1ccccc1N2c1cccc2c1Oc1ccccc1B2c1c(C(C)C)cc(C(C)C)cc1C(C)C. The van der Waals surface area contributed by atoms with Crippen LogP contribution in [-0.2, 0) is 0 Å². The lowest BCUT2D eigenvalue weighted by Gasteiger charge is -2.46. The van der Waals surface area contributed by atoms with Gasteiger partial charge in [-0.2, -0.15) is 0 Å². The van der Waals surface area contributed by atoms with Crippen molar-refractivity contribution in [2.24, 2.45) is 0 Å². The quantitative estimate of drug-likeness (QED) is 0.101. The summed E-state index contributed by atoms with van der Waals surface area (Å²) < 4.78 is 14.5. The van der Waals surface area contributed by atoms with Gasteiger partial charge in [-0.1, -0.05) is 401 Å². The Kier molecular flexibility index (Phi) is 24.2. The Morgan fingerprint density at radius 1 is 0.248 bits per heavy atom. The van der Waals surface area contributed by atoms with E-state index in [1.165, 1.54) is 147 Å². The van der Waals surface area contributed by atoms with Crippen molar-refractivity contribution >= 4 is 138 Å². The summed E-state index contributed by atoms with van der Waals surface area (Å²) in [6, 6.07) is 117. The maximum atomic E-state index is 7.24. The largest absolute Gasteiger partial charge is 0.456 e. The molecule has 0 fully saturated rings. The molecule has 14 aromatic rings. The number of hydrogen-bond donors (Lipinski definition) is 0. The Labute approximate surface area is 703 Å². The van der Waals surface area contributed by atoms with Crippen LogP contribution in [0.1, 0.15) is 198 Å². The van der Waals surface area contributed by atoms with Gasteiger partial charge in [-0.05, 0) is 202 Å². The summed E-state index contributed by atoms with van der Waals surface area (Å²) in [6.45, 7) is 34.9. The van der Waals surface area contributed by atoms with Crippen LogP contribution >= 0.6 is 0 Å². The van der Waals surface area contributed by atoms with Crippen molar-refractivity contribution in [3.63, 3.8) is 0 Å². The van der Waals surface area contributed by atoms with E-state index in [1.807, 2.05) is 0 Å². The number of fused-ring (bicyclic) bond motifs is 8. The molecule has 0 bridgehead atoms. The van der Waals surface area contributed by atoms with E-state index in [-0.39, 0.29) is 43.1 Å². The van der Waals surface area contributed by atoms with Crippen molar-refractivity contribution in [3.8, 4) is 23.0 Å². The molecule has 0 saturated heterocycles. The second-order valence-electron chi connectivity index (χ2n) is 33.9. The number of hydrogen-bond acceptors (Lipinski definition) is 4. The normalized spacial score (nSPS) is 13.5. The molecule has 0 amide bonds. The van der Waals surface area contributed by atoms with Crippen LogP contribution in [-0.4, -0.2) is 29.6 Å². The third-order valence-corrected chi connectivity index (χ3v) is 34.4. The molecule has 18 rings (SSSR count). The lowest BCUT2D eigenvalue weighted by Crippen LogP contribution is -2.77. The molecule has 8 heteroatoms. The lowest BCUT2D eigenvalue weighted by atomic mass is 9.33. The molecular formula is C109H118B2N2O2Si2. The first-order valence-corrected chi connectivity index (χ1v) is 45.2.